The number of pyridine rings is 1. The van der Waals surface area contributed by atoms with Crippen molar-refractivity contribution in [3.63, 3.8) is 0 Å². The number of piperidine rings is 1. The molecule has 2 aliphatic heterocycles. The van der Waals surface area contributed by atoms with Crippen LogP contribution in [0.4, 0.5) is 0 Å². The van der Waals surface area contributed by atoms with Gasteiger partial charge in [-0.1, -0.05) is 0 Å². The SMILES string of the molecule is O=C1c2cccnc2C2(O)CCCCN12. The third-order valence-corrected chi connectivity index (χ3v) is 3.27. The minimum atomic E-state index is -1.13. The predicted octanol–water partition coefficient (Wildman–Crippen LogP) is 0.866. The minimum Gasteiger partial charge on any atom is -0.365 e. The molecule has 0 saturated carbocycles. The molecule has 1 amide bonds. The largest absolute Gasteiger partial charge is 0.365 e. The van der Waals surface area contributed by atoms with Crippen molar-refractivity contribution >= 4 is 5.91 Å². The van der Waals surface area contributed by atoms with Gasteiger partial charge in [-0.05, 0) is 25.0 Å². The maximum atomic E-state index is 12.0. The van der Waals surface area contributed by atoms with E-state index in [0.717, 1.165) is 12.8 Å². The summed E-state index contributed by atoms with van der Waals surface area (Å²) in [6.07, 6.45) is 4.13. The first-order valence-electron chi connectivity index (χ1n) is 5.23. The second-order valence-corrected chi connectivity index (χ2v) is 4.13. The lowest BCUT2D eigenvalue weighted by Crippen LogP contribution is -2.47. The zero-order valence-electron chi connectivity index (χ0n) is 8.31. The van der Waals surface area contributed by atoms with Crippen LogP contribution in [0.2, 0.25) is 0 Å². The number of aromatic nitrogens is 1. The van der Waals surface area contributed by atoms with E-state index < -0.39 is 5.72 Å². The molecule has 1 saturated heterocycles. The van der Waals surface area contributed by atoms with Crippen molar-refractivity contribution in [1.29, 1.82) is 0 Å². The van der Waals surface area contributed by atoms with Crippen LogP contribution in [-0.4, -0.2) is 27.4 Å². The van der Waals surface area contributed by atoms with E-state index in [4.69, 9.17) is 0 Å². The van der Waals surface area contributed by atoms with E-state index in [1.54, 1.807) is 23.2 Å². The third kappa shape index (κ3) is 0.997. The highest BCUT2D eigenvalue weighted by atomic mass is 16.3. The average molecular weight is 204 g/mol. The van der Waals surface area contributed by atoms with Gasteiger partial charge >= 0.3 is 0 Å². The number of rotatable bonds is 0. The summed E-state index contributed by atoms with van der Waals surface area (Å²) < 4.78 is 0. The second-order valence-electron chi connectivity index (χ2n) is 4.13. The number of hydrogen-bond acceptors (Lipinski definition) is 3. The Hall–Kier alpha value is -1.42. The molecule has 1 atom stereocenters. The molecule has 4 nitrogen and oxygen atoms in total. The second kappa shape index (κ2) is 2.79. The molecule has 0 aromatic carbocycles. The Balaban J connectivity index is 2.20. The van der Waals surface area contributed by atoms with Crippen molar-refractivity contribution in [1.82, 2.24) is 9.88 Å². The number of carbonyl (C=O) groups excluding carboxylic acids is 1. The van der Waals surface area contributed by atoms with Gasteiger partial charge in [-0.25, -0.2) is 0 Å². The van der Waals surface area contributed by atoms with Crippen LogP contribution in [0, 0.1) is 0 Å². The van der Waals surface area contributed by atoms with Crippen LogP contribution < -0.4 is 0 Å². The molecule has 78 valence electrons. The molecule has 15 heavy (non-hydrogen) atoms. The predicted molar refractivity (Wildman–Crippen MR) is 53.0 cm³/mol. The topological polar surface area (TPSA) is 53.4 Å². The first-order valence-corrected chi connectivity index (χ1v) is 5.23. The van der Waals surface area contributed by atoms with E-state index in [2.05, 4.69) is 4.98 Å². The first kappa shape index (κ1) is 8.85. The summed E-state index contributed by atoms with van der Waals surface area (Å²) in [4.78, 5) is 17.7. The Bertz CT molecular complexity index is 432. The van der Waals surface area contributed by atoms with Gasteiger partial charge in [0.15, 0.2) is 5.72 Å². The van der Waals surface area contributed by atoms with Crippen molar-refractivity contribution in [3.05, 3.63) is 29.6 Å². The lowest BCUT2D eigenvalue weighted by molar-refractivity contribution is -0.109. The van der Waals surface area contributed by atoms with Gasteiger partial charge in [-0.15, -0.1) is 0 Å². The maximum absolute atomic E-state index is 12.0. The molecule has 1 aromatic rings. The van der Waals surface area contributed by atoms with Crippen LogP contribution in [0.1, 0.15) is 35.3 Å². The van der Waals surface area contributed by atoms with Gasteiger partial charge in [-0.2, -0.15) is 0 Å². The maximum Gasteiger partial charge on any atom is 0.258 e. The Morgan fingerprint density at radius 1 is 1.47 bits per heavy atom. The van der Waals surface area contributed by atoms with Crippen molar-refractivity contribution in [2.24, 2.45) is 0 Å². The van der Waals surface area contributed by atoms with Crippen LogP contribution in [0.25, 0.3) is 0 Å². The standard InChI is InChI=1S/C11H12N2O2/c14-10-8-4-3-6-12-9(8)11(15)5-1-2-7-13(10)11/h3-4,6,15H,1-2,5,7H2. The van der Waals surface area contributed by atoms with Crippen LogP contribution in [0.15, 0.2) is 18.3 Å². The summed E-state index contributed by atoms with van der Waals surface area (Å²) in [6, 6.07) is 3.47. The fraction of sp³-hybridized carbons (Fsp3) is 0.455. The number of nitrogens with zero attached hydrogens (tertiary/aromatic N) is 2. The Morgan fingerprint density at radius 3 is 3.20 bits per heavy atom. The Labute approximate surface area is 87.5 Å². The molecule has 3 heterocycles. The Kier molecular flexibility index (Phi) is 1.65. The van der Waals surface area contributed by atoms with Gasteiger partial charge < -0.3 is 10.0 Å². The monoisotopic (exact) mass is 204 g/mol. The zero-order chi connectivity index (χ0) is 10.5. The normalized spacial score (nSPS) is 28.9. The number of amides is 1. The van der Waals surface area contributed by atoms with E-state index in [-0.39, 0.29) is 5.91 Å². The molecule has 0 spiro atoms. The van der Waals surface area contributed by atoms with E-state index in [9.17, 15) is 9.90 Å². The number of aliphatic hydroxyl groups is 1. The van der Waals surface area contributed by atoms with Gasteiger partial charge in [0.25, 0.3) is 5.91 Å². The smallest absolute Gasteiger partial charge is 0.258 e. The summed E-state index contributed by atoms with van der Waals surface area (Å²) in [5, 5.41) is 10.5. The third-order valence-electron chi connectivity index (χ3n) is 3.27. The van der Waals surface area contributed by atoms with E-state index >= 15 is 0 Å². The van der Waals surface area contributed by atoms with Gasteiger partial charge in [0.2, 0.25) is 0 Å². The van der Waals surface area contributed by atoms with Crippen LogP contribution >= 0.6 is 0 Å². The molecular weight excluding hydrogens is 192 g/mol. The average Bonchev–Trinajstić information content (AvgIpc) is 2.50. The van der Waals surface area contributed by atoms with Gasteiger partial charge in [0.05, 0.1) is 5.56 Å². The first-order chi connectivity index (χ1) is 7.23. The highest BCUT2D eigenvalue weighted by Crippen LogP contribution is 2.41. The quantitative estimate of drug-likeness (QED) is 0.682. The molecule has 1 fully saturated rings. The van der Waals surface area contributed by atoms with E-state index in [0.29, 0.717) is 24.2 Å². The lowest BCUT2D eigenvalue weighted by Gasteiger charge is -2.37. The van der Waals surface area contributed by atoms with Crippen LogP contribution in [0.5, 0.6) is 0 Å². The molecule has 0 radical (unpaired) electrons. The Morgan fingerprint density at radius 2 is 2.33 bits per heavy atom. The van der Waals surface area contributed by atoms with Gasteiger partial charge in [-0.3, -0.25) is 9.78 Å². The fourth-order valence-electron chi connectivity index (χ4n) is 2.52. The molecular formula is C11H12N2O2. The van der Waals surface area contributed by atoms with Gasteiger partial charge in [0.1, 0.15) is 5.69 Å². The van der Waals surface area contributed by atoms with Crippen molar-refractivity contribution in [2.75, 3.05) is 6.54 Å². The molecule has 2 aliphatic rings. The molecule has 1 unspecified atom stereocenters. The van der Waals surface area contributed by atoms with Crippen LogP contribution in [0.3, 0.4) is 0 Å². The van der Waals surface area contributed by atoms with Crippen molar-refractivity contribution < 1.29 is 9.90 Å². The summed E-state index contributed by atoms with van der Waals surface area (Å²) in [5.74, 6) is -0.0831. The zero-order valence-corrected chi connectivity index (χ0v) is 8.31. The van der Waals surface area contributed by atoms with Crippen molar-refractivity contribution in [2.45, 2.75) is 25.0 Å². The highest BCUT2D eigenvalue weighted by Gasteiger charge is 2.50. The van der Waals surface area contributed by atoms with Gasteiger partial charge in [0, 0.05) is 19.2 Å². The summed E-state index contributed by atoms with van der Waals surface area (Å²) in [7, 11) is 0. The molecule has 0 aliphatic carbocycles. The summed E-state index contributed by atoms with van der Waals surface area (Å²) in [6.45, 7) is 0.631. The molecule has 3 rings (SSSR count). The van der Waals surface area contributed by atoms with Crippen molar-refractivity contribution in [3.8, 4) is 0 Å². The summed E-state index contributed by atoms with van der Waals surface area (Å²) >= 11 is 0. The van der Waals surface area contributed by atoms with E-state index in [1.807, 2.05) is 0 Å². The van der Waals surface area contributed by atoms with Crippen LogP contribution in [-0.2, 0) is 5.72 Å². The van der Waals surface area contributed by atoms with E-state index in [1.165, 1.54) is 0 Å². The lowest BCUT2D eigenvalue weighted by atomic mass is 9.97. The fourth-order valence-corrected chi connectivity index (χ4v) is 2.52. The summed E-state index contributed by atoms with van der Waals surface area (Å²) in [5.41, 5.74) is -0.0389. The molecule has 1 N–H and O–H groups in total. The highest BCUT2D eigenvalue weighted by molar-refractivity contribution is 5.99. The minimum absolute atomic E-state index is 0.0831. The molecule has 0 bridgehead atoms. The number of fused-ring (bicyclic) bond motifs is 3. The number of carbonyl (C=O) groups is 1. The molecule has 4 heteroatoms. The molecule has 1 aromatic heterocycles. The number of hydrogen-bond donors (Lipinski definition) is 1.